The summed E-state index contributed by atoms with van der Waals surface area (Å²) >= 11 is 0. The smallest absolute Gasteiger partial charge is 0.152 e. The molecule has 3 heterocycles. The molecular formula is C12H18N6. The normalized spacial score (nSPS) is 15.2. The molecule has 0 atom stereocenters. The Balaban J connectivity index is 1.71. The monoisotopic (exact) mass is 246 g/mol. The Morgan fingerprint density at radius 2 is 2.22 bits per heavy atom. The number of nitrogens with zero attached hydrogens (tertiary/aromatic N) is 5. The lowest BCUT2D eigenvalue weighted by molar-refractivity contribution is 0.609. The van der Waals surface area contributed by atoms with Gasteiger partial charge in [-0.3, -0.25) is 4.68 Å². The van der Waals surface area contributed by atoms with Crippen molar-refractivity contribution in [2.45, 2.75) is 38.8 Å². The first kappa shape index (κ1) is 11.3. The van der Waals surface area contributed by atoms with E-state index in [1.165, 1.54) is 19.3 Å². The summed E-state index contributed by atoms with van der Waals surface area (Å²) in [5.74, 6) is 3.02. The van der Waals surface area contributed by atoms with E-state index in [1.807, 2.05) is 19.3 Å². The van der Waals surface area contributed by atoms with Crippen molar-refractivity contribution in [3.05, 3.63) is 23.9 Å². The van der Waals surface area contributed by atoms with Crippen molar-refractivity contribution in [3.8, 4) is 0 Å². The molecule has 0 unspecified atom stereocenters. The Morgan fingerprint density at radius 3 is 3.06 bits per heavy atom. The zero-order chi connectivity index (χ0) is 12.4. The van der Waals surface area contributed by atoms with Gasteiger partial charge in [0.1, 0.15) is 11.6 Å². The van der Waals surface area contributed by atoms with Gasteiger partial charge in [-0.1, -0.05) is 6.42 Å². The highest BCUT2D eigenvalue weighted by Gasteiger charge is 2.14. The summed E-state index contributed by atoms with van der Waals surface area (Å²) in [6.07, 6.45) is 6.72. The molecule has 6 nitrogen and oxygen atoms in total. The van der Waals surface area contributed by atoms with E-state index < -0.39 is 0 Å². The van der Waals surface area contributed by atoms with Crippen LogP contribution in [0.15, 0.2) is 12.3 Å². The minimum Gasteiger partial charge on any atom is -0.361 e. The van der Waals surface area contributed by atoms with Gasteiger partial charge >= 0.3 is 0 Å². The van der Waals surface area contributed by atoms with Gasteiger partial charge in [-0.25, -0.2) is 0 Å². The van der Waals surface area contributed by atoms with Crippen molar-refractivity contribution in [2.75, 3.05) is 5.32 Å². The van der Waals surface area contributed by atoms with Gasteiger partial charge in [0, 0.05) is 32.3 Å². The first-order valence-corrected chi connectivity index (χ1v) is 6.47. The first-order chi connectivity index (χ1) is 8.83. The average Bonchev–Trinajstić information content (AvgIpc) is 2.87. The van der Waals surface area contributed by atoms with E-state index in [1.54, 1.807) is 4.68 Å². The number of aryl methyl sites for hydroxylation is 2. The summed E-state index contributed by atoms with van der Waals surface area (Å²) in [5, 5.41) is 16.1. The van der Waals surface area contributed by atoms with Gasteiger partial charge in [-0.05, 0) is 12.8 Å². The Morgan fingerprint density at radius 1 is 1.28 bits per heavy atom. The second-order valence-corrected chi connectivity index (χ2v) is 4.72. The van der Waals surface area contributed by atoms with Gasteiger partial charge in [-0.2, -0.15) is 5.10 Å². The van der Waals surface area contributed by atoms with Crippen LogP contribution in [0.3, 0.4) is 0 Å². The molecule has 6 heteroatoms. The van der Waals surface area contributed by atoms with Crippen LogP contribution in [-0.2, 0) is 26.6 Å². The molecule has 96 valence electrons. The average molecular weight is 246 g/mol. The molecule has 0 aromatic carbocycles. The third-order valence-corrected chi connectivity index (χ3v) is 3.33. The van der Waals surface area contributed by atoms with E-state index in [0.717, 1.165) is 30.4 Å². The van der Waals surface area contributed by atoms with Crippen LogP contribution in [0.5, 0.6) is 0 Å². The number of anilines is 1. The Hall–Kier alpha value is -1.85. The summed E-state index contributed by atoms with van der Waals surface area (Å²) in [4.78, 5) is 0. The molecule has 0 bridgehead atoms. The number of rotatable bonds is 3. The third kappa shape index (κ3) is 2.23. The van der Waals surface area contributed by atoms with Crippen molar-refractivity contribution in [2.24, 2.45) is 7.05 Å². The maximum absolute atomic E-state index is 4.29. The van der Waals surface area contributed by atoms with Crippen LogP contribution in [0.2, 0.25) is 0 Å². The molecule has 0 saturated heterocycles. The summed E-state index contributed by atoms with van der Waals surface area (Å²) in [6, 6.07) is 1.96. The molecule has 0 saturated carbocycles. The first-order valence-electron chi connectivity index (χ1n) is 6.47. The number of aromatic nitrogens is 5. The van der Waals surface area contributed by atoms with E-state index in [4.69, 9.17) is 0 Å². The van der Waals surface area contributed by atoms with Crippen molar-refractivity contribution < 1.29 is 0 Å². The summed E-state index contributed by atoms with van der Waals surface area (Å²) < 4.78 is 4.04. The molecule has 1 aliphatic rings. The molecule has 0 fully saturated rings. The number of hydrogen-bond donors (Lipinski definition) is 1. The maximum Gasteiger partial charge on any atom is 0.152 e. The largest absolute Gasteiger partial charge is 0.361 e. The molecule has 0 aliphatic carbocycles. The second kappa shape index (κ2) is 4.80. The highest BCUT2D eigenvalue weighted by atomic mass is 15.3. The molecular weight excluding hydrogens is 228 g/mol. The zero-order valence-corrected chi connectivity index (χ0v) is 10.6. The fraction of sp³-hybridized carbons (Fsp3) is 0.583. The third-order valence-electron chi connectivity index (χ3n) is 3.33. The predicted octanol–water partition coefficient (Wildman–Crippen LogP) is 1.35. The molecule has 2 aromatic rings. The molecule has 18 heavy (non-hydrogen) atoms. The minimum absolute atomic E-state index is 0.685. The highest BCUT2D eigenvalue weighted by molar-refractivity contribution is 5.32. The molecule has 0 amide bonds. The lowest BCUT2D eigenvalue weighted by Gasteiger charge is -2.07. The van der Waals surface area contributed by atoms with Crippen molar-refractivity contribution in [1.29, 1.82) is 0 Å². The molecule has 1 N–H and O–H groups in total. The summed E-state index contributed by atoms with van der Waals surface area (Å²) in [6.45, 7) is 1.73. The van der Waals surface area contributed by atoms with E-state index in [9.17, 15) is 0 Å². The van der Waals surface area contributed by atoms with Gasteiger partial charge in [0.05, 0.1) is 6.54 Å². The van der Waals surface area contributed by atoms with Crippen LogP contribution in [0, 0.1) is 0 Å². The van der Waals surface area contributed by atoms with Gasteiger partial charge in [0.15, 0.2) is 5.82 Å². The molecule has 0 radical (unpaired) electrons. The quantitative estimate of drug-likeness (QED) is 0.888. The Kier molecular flexibility index (Phi) is 3.00. The molecule has 1 aliphatic heterocycles. The Labute approximate surface area is 106 Å². The van der Waals surface area contributed by atoms with Gasteiger partial charge in [0.2, 0.25) is 0 Å². The van der Waals surface area contributed by atoms with E-state index in [0.29, 0.717) is 6.54 Å². The molecule has 2 aromatic heterocycles. The van der Waals surface area contributed by atoms with Gasteiger partial charge in [-0.15, -0.1) is 10.2 Å². The fourth-order valence-corrected chi connectivity index (χ4v) is 2.36. The number of fused-ring (bicyclic) bond motifs is 1. The predicted molar refractivity (Wildman–Crippen MR) is 68.1 cm³/mol. The minimum atomic E-state index is 0.685. The van der Waals surface area contributed by atoms with E-state index in [2.05, 4.69) is 25.2 Å². The lowest BCUT2D eigenvalue weighted by Crippen LogP contribution is -2.10. The van der Waals surface area contributed by atoms with Crippen molar-refractivity contribution >= 4 is 5.82 Å². The van der Waals surface area contributed by atoms with E-state index in [-0.39, 0.29) is 0 Å². The van der Waals surface area contributed by atoms with Crippen LogP contribution in [0.25, 0.3) is 0 Å². The summed E-state index contributed by atoms with van der Waals surface area (Å²) in [7, 11) is 1.91. The summed E-state index contributed by atoms with van der Waals surface area (Å²) in [5.41, 5.74) is 0. The van der Waals surface area contributed by atoms with Gasteiger partial charge < -0.3 is 9.88 Å². The Bertz CT molecular complexity index is 526. The van der Waals surface area contributed by atoms with Crippen LogP contribution in [-0.4, -0.2) is 24.5 Å². The van der Waals surface area contributed by atoms with Crippen LogP contribution in [0.1, 0.15) is 30.9 Å². The lowest BCUT2D eigenvalue weighted by atomic mass is 10.2. The molecule has 3 rings (SSSR count). The standard InChI is InChI=1S/C12H18N6/c1-17-8-6-10(16-17)13-9-12-15-14-11-5-3-2-4-7-18(11)12/h6,8H,2-5,7,9H2,1H3,(H,13,16). The number of nitrogens with one attached hydrogen (secondary N) is 1. The number of hydrogen-bond acceptors (Lipinski definition) is 4. The van der Waals surface area contributed by atoms with E-state index >= 15 is 0 Å². The second-order valence-electron chi connectivity index (χ2n) is 4.72. The van der Waals surface area contributed by atoms with Crippen molar-refractivity contribution in [1.82, 2.24) is 24.5 Å². The van der Waals surface area contributed by atoms with Crippen LogP contribution in [0.4, 0.5) is 5.82 Å². The zero-order valence-electron chi connectivity index (χ0n) is 10.6. The topological polar surface area (TPSA) is 60.6 Å². The van der Waals surface area contributed by atoms with Crippen LogP contribution < -0.4 is 5.32 Å². The highest BCUT2D eigenvalue weighted by Crippen LogP contribution is 2.15. The van der Waals surface area contributed by atoms with Gasteiger partial charge in [0.25, 0.3) is 0 Å². The SMILES string of the molecule is Cn1ccc(NCc2nnc3n2CCCCC3)n1. The van der Waals surface area contributed by atoms with Crippen LogP contribution >= 0.6 is 0 Å². The van der Waals surface area contributed by atoms with Crippen molar-refractivity contribution in [3.63, 3.8) is 0 Å². The molecule has 0 spiro atoms. The maximum atomic E-state index is 4.29. The fourth-order valence-electron chi connectivity index (χ4n) is 2.36.